The molecule has 0 aromatic rings. The Morgan fingerprint density at radius 1 is 0.329 bits per heavy atom. The van der Waals surface area contributed by atoms with Gasteiger partial charge in [0.15, 0.2) is 0 Å². The van der Waals surface area contributed by atoms with Gasteiger partial charge in [0.25, 0.3) is 0 Å². The molecule has 2 unspecified atom stereocenters. The average molecular weight is 1160 g/mol. The summed E-state index contributed by atoms with van der Waals surface area (Å²) in [6, 6.07) is -0.541. The molecule has 82 heavy (non-hydrogen) atoms. The van der Waals surface area contributed by atoms with Crippen molar-refractivity contribution >= 4 is 11.9 Å². The molecule has 6 heteroatoms. The number of unbranched alkanes of at least 4 members (excludes halogenated alkanes) is 56. The highest BCUT2D eigenvalue weighted by Gasteiger charge is 2.20. The van der Waals surface area contributed by atoms with Crippen LogP contribution >= 0.6 is 0 Å². The van der Waals surface area contributed by atoms with E-state index in [0.29, 0.717) is 25.9 Å². The van der Waals surface area contributed by atoms with Gasteiger partial charge in [-0.3, -0.25) is 9.59 Å². The molecule has 1 amide bonds. The lowest BCUT2D eigenvalue weighted by Crippen LogP contribution is -2.45. The zero-order chi connectivity index (χ0) is 59.2. The van der Waals surface area contributed by atoms with E-state index >= 15 is 0 Å². The van der Waals surface area contributed by atoms with Gasteiger partial charge in [-0.05, 0) is 77.0 Å². The molecule has 486 valence electrons. The Balaban J connectivity index is 3.36. The molecule has 2 atom stereocenters. The van der Waals surface area contributed by atoms with E-state index in [1.165, 1.54) is 347 Å². The molecule has 0 bridgehead atoms. The molecular formula is C76H147NO5. The van der Waals surface area contributed by atoms with Crippen LogP contribution in [0.4, 0.5) is 0 Å². The van der Waals surface area contributed by atoms with E-state index < -0.39 is 12.1 Å². The second-order valence-corrected chi connectivity index (χ2v) is 26.0. The number of amides is 1. The van der Waals surface area contributed by atoms with Crippen molar-refractivity contribution in [3.05, 3.63) is 24.3 Å². The first-order chi connectivity index (χ1) is 40.5. The minimum Gasteiger partial charge on any atom is -0.466 e. The van der Waals surface area contributed by atoms with Gasteiger partial charge in [0.2, 0.25) is 5.91 Å². The molecule has 0 spiro atoms. The van der Waals surface area contributed by atoms with Gasteiger partial charge in [-0.2, -0.15) is 0 Å². The van der Waals surface area contributed by atoms with Crippen LogP contribution in [0.3, 0.4) is 0 Å². The van der Waals surface area contributed by atoms with Crippen LogP contribution in [0.2, 0.25) is 0 Å². The Morgan fingerprint density at radius 3 is 0.866 bits per heavy atom. The van der Waals surface area contributed by atoms with Crippen LogP contribution < -0.4 is 5.32 Å². The average Bonchev–Trinajstić information content (AvgIpc) is 3.48. The maximum atomic E-state index is 12.5. The Labute approximate surface area is 513 Å². The van der Waals surface area contributed by atoms with Crippen molar-refractivity contribution in [3.63, 3.8) is 0 Å². The highest BCUT2D eigenvalue weighted by atomic mass is 16.5. The zero-order valence-electron chi connectivity index (χ0n) is 55.8. The number of carbonyl (C=O) groups is 2. The molecule has 0 heterocycles. The summed E-state index contributed by atoms with van der Waals surface area (Å²) < 4.78 is 5.51. The first-order valence-corrected chi connectivity index (χ1v) is 37.6. The first-order valence-electron chi connectivity index (χ1n) is 37.6. The number of ether oxygens (including phenoxy) is 1. The van der Waals surface area contributed by atoms with Crippen LogP contribution in [0, 0.1) is 0 Å². The van der Waals surface area contributed by atoms with Crippen molar-refractivity contribution in [2.24, 2.45) is 0 Å². The van der Waals surface area contributed by atoms with Gasteiger partial charge in [-0.25, -0.2) is 0 Å². The summed E-state index contributed by atoms with van der Waals surface area (Å²) in [5.74, 6) is -0.0155. The molecule has 0 aromatic carbocycles. The van der Waals surface area contributed by atoms with Crippen molar-refractivity contribution in [1.82, 2.24) is 5.32 Å². The lowest BCUT2D eigenvalue weighted by atomic mass is 10.0. The Kier molecular flexibility index (Phi) is 70.4. The molecule has 0 aromatic heterocycles. The number of hydrogen-bond donors (Lipinski definition) is 3. The van der Waals surface area contributed by atoms with E-state index in [9.17, 15) is 19.8 Å². The minimum atomic E-state index is -0.664. The number of allylic oxidation sites excluding steroid dienone is 4. The van der Waals surface area contributed by atoms with E-state index in [1.54, 1.807) is 0 Å². The predicted molar refractivity (Wildman–Crippen MR) is 361 cm³/mol. The zero-order valence-corrected chi connectivity index (χ0v) is 55.8. The number of esters is 1. The number of aliphatic hydroxyl groups is 2. The smallest absolute Gasteiger partial charge is 0.305 e. The van der Waals surface area contributed by atoms with Crippen LogP contribution in [0.5, 0.6) is 0 Å². The van der Waals surface area contributed by atoms with Crippen molar-refractivity contribution in [2.75, 3.05) is 13.2 Å². The van der Waals surface area contributed by atoms with E-state index in [1.807, 2.05) is 0 Å². The molecule has 0 saturated carbocycles. The van der Waals surface area contributed by atoms with E-state index in [2.05, 4.69) is 43.5 Å². The van der Waals surface area contributed by atoms with E-state index in [4.69, 9.17) is 4.74 Å². The Hall–Kier alpha value is -1.66. The highest BCUT2D eigenvalue weighted by molar-refractivity contribution is 5.76. The van der Waals surface area contributed by atoms with Gasteiger partial charge in [0.05, 0.1) is 25.4 Å². The highest BCUT2D eigenvalue weighted by Crippen LogP contribution is 2.19. The van der Waals surface area contributed by atoms with Gasteiger partial charge in [0.1, 0.15) is 0 Å². The molecule has 0 aliphatic heterocycles. The van der Waals surface area contributed by atoms with Gasteiger partial charge in [-0.15, -0.1) is 0 Å². The maximum absolute atomic E-state index is 12.5. The minimum absolute atomic E-state index is 0.0146. The van der Waals surface area contributed by atoms with Crippen molar-refractivity contribution in [3.8, 4) is 0 Å². The number of aliphatic hydroxyl groups excluding tert-OH is 2. The number of hydrogen-bond acceptors (Lipinski definition) is 5. The molecule has 0 saturated heterocycles. The fourth-order valence-corrected chi connectivity index (χ4v) is 12.0. The second kappa shape index (κ2) is 71.8. The fourth-order valence-electron chi connectivity index (χ4n) is 12.0. The largest absolute Gasteiger partial charge is 0.466 e. The van der Waals surface area contributed by atoms with E-state index in [-0.39, 0.29) is 18.5 Å². The van der Waals surface area contributed by atoms with Gasteiger partial charge in [0, 0.05) is 12.8 Å². The Morgan fingerprint density at radius 2 is 0.573 bits per heavy atom. The van der Waals surface area contributed by atoms with Crippen molar-refractivity contribution < 1.29 is 24.5 Å². The van der Waals surface area contributed by atoms with Crippen LogP contribution in [0.15, 0.2) is 24.3 Å². The topological polar surface area (TPSA) is 95.9 Å². The van der Waals surface area contributed by atoms with Gasteiger partial charge < -0.3 is 20.3 Å². The van der Waals surface area contributed by atoms with Crippen molar-refractivity contribution in [2.45, 2.75) is 437 Å². The SMILES string of the molecule is CCCCCCCCC/C=C\CCCCCCCCCC(=O)OCCCCCCCCCCCCCC/C=C\CCCCCCCCCCCCCCCC(=O)NC(CO)C(O)CCCCCCCCCCCCCCCCCCCC. The first kappa shape index (κ1) is 80.3. The molecule has 3 N–H and O–H groups in total. The molecular weight excluding hydrogens is 1010 g/mol. The molecule has 0 radical (unpaired) electrons. The van der Waals surface area contributed by atoms with Crippen LogP contribution in [0.1, 0.15) is 425 Å². The van der Waals surface area contributed by atoms with Gasteiger partial charge in [-0.1, -0.05) is 359 Å². The summed E-state index contributed by atoms with van der Waals surface area (Å²) in [4.78, 5) is 24.6. The van der Waals surface area contributed by atoms with Crippen molar-refractivity contribution in [1.29, 1.82) is 0 Å². The molecule has 0 aliphatic carbocycles. The lowest BCUT2D eigenvalue weighted by Gasteiger charge is -2.22. The predicted octanol–water partition coefficient (Wildman–Crippen LogP) is 24.5. The molecule has 0 aliphatic rings. The molecule has 6 nitrogen and oxygen atoms in total. The standard InChI is InChI=1S/C76H147NO5/c1-3-5-7-9-11-13-15-17-19-21-36-40-44-48-52-56-60-64-68-74(79)73(72-78)77-75(80)69-65-61-57-53-49-45-41-37-34-32-30-28-26-24-23-25-27-29-31-33-35-39-43-47-51-55-59-63-67-71-82-76(81)70-66-62-58-54-50-46-42-38-22-20-18-16-14-12-10-8-6-4-2/h20,22-23,25,73-74,78-79H,3-19,21,24,26-72H2,1-2H3,(H,77,80)/b22-20-,25-23-. The van der Waals surface area contributed by atoms with Crippen LogP contribution in [-0.4, -0.2) is 47.4 Å². The summed E-state index contributed by atoms with van der Waals surface area (Å²) in [6.07, 6.45) is 91.0. The summed E-state index contributed by atoms with van der Waals surface area (Å²) in [5.41, 5.74) is 0. The van der Waals surface area contributed by atoms with Gasteiger partial charge >= 0.3 is 5.97 Å². The summed E-state index contributed by atoms with van der Waals surface area (Å²) in [6.45, 7) is 4.99. The normalized spacial score (nSPS) is 12.6. The Bertz CT molecular complexity index is 1280. The quantitative estimate of drug-likeness (QED) is 0.0320. The third kappa shape index (κ3) is 67.5. The molecule has 0 fully saturated rings. The third-order valence-corrected chi connectivity index (χ3v) is 17.7. The molecule has 0 rings (SSSR count). The summed E-state index contributed by atoms with van der Waals surface area (Å²) >= 11 is 0. The summed E-state index contributed by atoms with van der Waals surface area (Å²) in [7, 11) is 0. The van der Waals surface area contributed by atoms with Crippen LogP contribution in [-0.2, 0) is 14.3 Å². The summed E-state index contributed by atoms with van der Waals surface area (Å²) in [5, 5.41) is 23.4. The third-order valence-electron chi connectivity index (χ3n) is 17.7. The van der Waals surface area contributed by atoms with E-state index in [0.717, 1.165) is 44.9 Å². The number of nitrogens with one attached hydrogen (secondary N) is 1. The van der Waals surface area contributed by atoms with Crippen LogP contribution in [0.25, 0.3) is 0 Å². The fraction of sp³-hybridized carbons (Fsp3) is 0.921. The second-order valence-electron chi connectivity index (χ2n) is 26.0. The lowest BCUT2D eigenvalue weighted by molar-refractivity contribution is -0.143. The number of rotatable bonds is 71. The maximum Gasteiger partial charge on any atom is 0.305 e. The number of carbonyl (C=O) groups excluding carboxylic acids is 2. The monoisotopic (exact) mass is 1150 g/mol.